The fraction of sp³-hybridized carbons (Fsp3) is 0.381. The second-order valence-corrected chi connectivity index (χ2v) is 7.09. The first-order chi connectivity index (χ1) is 13.5. The number of benzene rings is 1. The van der Waals surface area contributed by atoms with Crippen LogP contribution in [0.4, 0.5) is 20.3 Å². The Morgan fingerprint density at radius 2 is 1.82 bits per heavy atom. The van der Waals surface area contributed by atoms with Crippen LogP contribution < -0.4 is 15.4 Å². The summed E-state index contributed by atoms with van der Waals surface area (Å²) in [5.74, 6) is -2.56. The first-order valence-electron chi connectivity index (χ1n) is 9.53. The SMILES string of the molecule is O=c1cc(N2CCOCC2)cc(N2CCCC(F)(F)/C2=C\c2ccccc2)[nH]1. The highest BCUT2D eigenvalue weighted by atomic mass is 19.3. The maximum Gasteiger partial charge on any atom is 0.287 e. The van der Waals surface area contributed by atoms with E-state index in [9.17, 15) is 13.6 Å². The van der Waals surface area contributed by atoms with Gasteiger partial charge in [-0.25, -0.2) is 0 Å². The Bertz CT molecular complexity index is 905. The largest absolute Gasteiger partial charge is 0.378 e. The van der Waals surface area contributed by atoms with E-state index < -0.39 is 5.92 Å². The summed E-state index contributed by atoms with van der Waals surface area (Å²) in [5, 5.41) is 0. The van der Waals surface area contributed by atoms with Crippen molar-refractivity contribution in [3.63, 3.8) is 0 Å². The second-order valence-electron chi connectivity index (χ2n) is 7.09. The standard InChI is InChI=1S/C21H23F2N3O2/c22-21(23)7-4-8-26(18(21)13-16-5-2-1-3-6-16)19-14-17(15-20(27)24-19)25-9-11-28-12-10-25/h1-3,5-6,13-15H,4,7-12H2,(H,24,27)/b18-13+. The molecule has 148 valence electrons. The van der Waals surface area contributed by atoms with Crippen molar-refractivity contribution in [2.75, 3.05) is 42.6 Å². The second kappa shape index (κ2) is 7.75. The molecule has 0 saturated carbocycles. The maximum absolute atomic E-state index is 14.8. The molecule has 2 aliphatic heterocycles. The predicted molar refractivity (Wildman–Crippen MR) is 106 cm³/mol. The summed E-state index contributed by atoms with van der Waals surface area (Å²) >= 11 is 0. The smallest absolute Gasteiger partial charge is 0.287 e. The summed E-state index contributed by atoms with van der Waals surface area (Å²) in [7, 11) is 0. The quantitative estimate of drug-likeness (QED) is 0.876. The van der Waals surface area contributed by atoms with E-state index in [1.54, 1.807) is 23.1 Å². The molecule has 0 bridgehead atoms. The molecule has 2 aliphatic rings. The molecule has 1 aromatic heterocycles. The van der Waals surface area contributed by atoms with Crippen molar-refractivity contribution in [3.05, 3.63) is 64.1 Å². The Morgan fingerprint density at radius 1 is 1.07 bits per heavy atom. The zero-order chi connectivity index (χ0) is 19.6. The molecule has 0 atom stereocenters. The maximum atomic E-state index is 14.8. The summed E-state index contributed by atoms with van der Waals surface area (Å²) in [6.07, 6.45) is 1.66. The fourth-order valence-electron chi connectivity index (χ4n) is 3.71. The van der Waals surface area contributed by atoms with Gasteiger partial charge in [-0.15, -0.1) is 0 Å². The molecule has 2 fully saturated rings. The third-order valence-corrected chi connectivity index (χ3v) is 5.12. The number of alkyl halides is 2. The molecule has 0 spiro atoms. The minimum absolute atomic E-state index is 0.0836. The van der Waals surface area contributed by atoms with Gasteiger partial charge in [0.2, 0.25) is 0 Å². The molecule has 7 heteroatoms. The van der Waals surface area contributed by atoms with Gasteiger partial charge in [0.25, 0.3) is 11.5 Å². The minimum atomic E-state index is -2.96. The highest BCUT2D eigenvalue weighted by Crippen LogP contribution is 2.39. The van der Waals surface area contributed by atoms with Gasteiger partial charge in [0.15, 0.2) is 0 Å². The molecule has 2 saturated heterocycles. The lowest BCUT2D eigenvalue weighted by atomic mass is 10.0. The van der Waals surface area contributed by atoms with Crippen LogP contribution in [0.25, 0.3) is 6.08 Å². The predicted octanol–water partition coefficient (Wildman–Crippen LogP) is 3.49. The van der Waals surface area contributed by atoms with Crippen LogP contribution in [-0.4, -0.2) is 43.8 Å². The Hall–Kier alpha value is -2.67. The van der Waals surface area contributed by atoms with Crippen molar-refractivity contribution in [3.8, 4) is 0 Å². The van der Waals surface area contributed by atoms with Crippen molar-refractivity contribution in [1.29, 1.82) is 0 Å². The number of anilines is 2. The number of pyridine rings is 1. The third-order valence-electron chi connectivity index (χ3n) is 5.12. The average molecular weight is 387 g/mol. The average Bonchev–Trinajstić information content (AvgIpc) is 2.70. The minimum Gasteiger partial charge on any atom is -0.378 e. The lowest BCUT2D eigenvalue weighted by Crippen LogP contribution is -2.41. The lowest BCUT2D eigenvalue weighted by Gasteiger charge is -2.37. The van der Waals surface area contributed by atoms with Crippen molar-refractivity contribution in [1.82, 2.24) is 4.98 Å². The van der Waals surface area contributed by atoms with Crippen LogP contribution in [0, 0.1) is 0 Å². The van der Waals surface area contributed by atoms with E-state index in [-0.39, 0.29) is 17.7 Å². The van der Waals surface area contributed by atoms with E-state index in [0.717, 1.165) is 5.69 Å². The molecule has 0 unspecified atom stereocenters. The first-order valence-corrected chi connectivity index (χ1v) is 9.53. The number of halogens is 2. The number of H-pyrrole nitrogens is 1. The third kappa shape index (κ3) is 3.94. The van der Waals surface area contributed by atoms with E-state index in [4.69, 9.17) is 4.74 Å². The zero-order valence-corrected chi connectivity index (χ0v) is 15.5. The number of aromatic nitrogens is 1. The number of aromatic amines is 1. The van der Waals surface area contributed by atoms with Gasteiger partial charge in [-0.05, 0) is 18.1 Å². The van der Waals surface area contributed by atoms with Crippen LogP contribution in [-0.2, 0) is 4.74 Å². The number of rotatable bonds is 3. The van der Waals surface area contributed by atoms with Crippen LogP contribution in [0.2, 0.25) is 0 Å². The van der Waals surface area contributed by atoms with E-state index in [1.807, 2.05) is 23.1 Å². The van der Waals surface area contributed by atoms with Crippen LogP contribution >= 0.6 is 0 Å². The number of hydrogen-bond acceptors (Lipinski definition) is 4. The monoisotopic (exact) mass is 387 g/mol. The molecule has 3 heterocycles. The van der Waals surface area contributed by atoms with Crippen LogP contribution in [0.1, 0.15) is 18.4 Å². The number of morpholine rings is 1. The zero-order valence-electron chi connectivity index (χ0n) is 15.5. The molecular formula is C21H23F2N3O2. The summed E-state index contributed by atoms with van der Waals surface area (Å²) in [5.41, 5.74) is 1.05. The van der Waals surface area contributed by atoms with Gasteiger partial charge < -0.3 is 19.5 Å². The van der Waals surface area contributed by atoms with E-state index in [0.29, 0.717) is 50.7 Å². The number of hydrogen-bond donors (Lipinski definition) is 1. The van der Waals surface area contributed by atoms with Gasteiger partial charge in [0.05, 0.1) is 18.9 Å². The Labute approximate surface area is 162 Å². The van der Waals surface area contributed by atoms with Crippen molar-refractivity contribution < 1.29 is 13.5 Å². The number of allylic oxidation sites excluding steroid dienone is 1. The van der Waals surface area contributed by atoms with E-state index >= 15 is 0 Å². The number of nitrogens with zero attached hydrogens (tertiary/aromatic N) is 2. The summed E-state index contributed by atoms with van der Waals surface area (Å²) in [6, 6.07) is 12.4. The van der Waals surface area contributed by atoms with Gasteiger partial charge in [0.1, 0.15) is 5.82 Å². The summed E-state index contributed by atoms with van der Waals surface area (Å²) in [4.78, 5) is 18.6. The molecule has 0 radical (unpaired) electrons. The molecule has 0 amide bonds. The molecule has 2 aromatic rings. The molecule has 1 N–H and O–H groups in total. The molecule has 1 aromatic carbocycles. The van der Waals surface area contributed by atoms with E-state index in [2.05, 4.69) is 4.98 Å². The number of piperidine rings is 1. The van der Waals surface area contributed by atoms with Crippen LogP contribution in [0.15, 0.2) is 53.0 Å². The Balaban J connectivity index is 1.74. The van der Waals surface area contributed by atoms with Gasteiger partial charge in [0, 0.05) is 43.9 Å². The van der Waals surface area contributed by atoms with Gasteiger partial charge in [-0.2, -0.15) is 8.78 Å². The molecular weight excluding hydrogens is 364 g/mol. The lowest BCUT2D eigenvalue weighted by molar-refractivity contribution is 0.0201. The Morgan fingerprint density at radius 3 is 2.57 bits per heavy atom. The molecule has 0 aliphatic carbocycles. The normalized spacial score (nSPS) is 21.1. The number of ether oxygens (including phenoxy) is 1. The molecule has 5 nitrogen and oxygen atoms in total. The highest BCUT2D eigenvalue weighted by Gasteiger charge is 2.41. The molecule has 28 heavy (non-hydrogen) atoms. The molecule has 4 rings (SSSR count). The van der Waals surface area contributed by atoms with Gasteiger partial charge >= 0.3 is 0 Å². The van der Waals surface area contributed by atoms with Gasteiger partial charge in [-0.3, -0.25) is 4.79 Å². The number of nitrogens with one attached hydrogen (secondary N) is 1. The topological polar surface area (TPSA) is 48.6 Å². The van der Waals surface area contributed by atoms with Crippen LogP contribution in [0.5, 0.6) is 0 Å². The summed E-state index contributed by atoms with van der Waals surface area (Å²) in [6.45, 7) is 2.94. The highest BCUT2D eigenvalue weighted by molar-refractivity contribution is 5.65. The fourth-order valence-corrected chi connectivity index (χ4v) is 3.71. The van der Waals surface area contributed by atoms with Crippen molar-refractivity contribution >= 4 is 17.6 Å². The Kier molecular flexibility index (Phi) is 5.17. The van der Waals surface area contributed by atoms with Crippen LogP contribution in [0.3, 0.4) is 0 Å². The first kappa shape index (κ1) is 18.7. The summed E-state index contributed by atoms with van der Waals surface area (Å²) < 4.78 is 35.0. The van der Waals surface area contributed by atoms with Gasteiger partial charge in [-0.1, -0.05) is 30.3 Å². The van der Waals surface area contributed by atoms with Crippen molar-refractivity contribution in [2.24, 2.45) is 0 Å². The van der Waals surface area contributed by atoms with Crippen molar-refractivity contribution in [2.45, 2.75) is 18.8 Å². The van der Waals surface area contributed by atoms with E-state index in [1.165, 1.54) is 12.1 Å².